The lowest BCUT2D eigenvalue weighted by molar-refractivity contribution is -0.141. The number of pyridine rings is 1. The lowest BCUT2D eigenvalue weighted by Gasteiger charge is -2.16. The van der Waals surface area contributed by atoms with Gasteiger partial charge in [-0.05, 0) is 5.56 Å². The van der Waals surface area contributed by atoms with E-state index in [-0.39, 0.29) is 0 Å². The van der Waals surface area contributed by atoms with Gasteiger partial charge in [0.15, 0.2) is 0 Å². The van der Waals surface area contributed by atoms with E-state index >= 15 is 0 Å². The van der Waals surface area contributed by atoms with Gasteiger partial charge in [-0.25, -0.2) is 13.8 Å². The number of halogens is 5. The van der Waals surface area contributed by atoms with Crippen molar-refractivity contribution in [3.05, 3.63) is 22.9 Å². The summed E-state index contributed by atoms with van der Waals surface area (Å²) in [4.78, 5) is 3.06. The Morgan fingerprint density at radius 2 is 2.00 bits per heavy atom. The van der Waals surface area contributed by atoms with Crippen molar-refractivity contribution in [2.45, 2.75) is 19.2 Å². The summed E-state index contributed by atoms with van der Waals surface area (Å²) in [5.41, 5.74) is -3.75. The molecule has 0 amide bonds. The van der Waals surface area contributed by atoms with Crippen LogP contribution in [-0.4, -0.2) is 17.2 Å². The molecule has 0 aliphatic rings. The molecular weight excluding hydrogens is 249 g/mol. The Kier molecular flexibility index (Phi) is 3.87. The number of hydrogen-bond acceptors (Lipinski definition) is 3. The third kappa shape index (κ3) is 2.82. The van der Waals surface area contributed by atoms with Crippen molar-refractivity contribution >= 4 is 0 Å². The van der Waals surface area contributed by atoms with Crippen molar-refractivity contribution in [1.82, 2.24) is 4.98 Å². The molecule has 96 valence electrons. The third-order valence-electron chi connectivity index (χ3n) is 1.98. The molecule has 0 unspecified atom stereocenters. The minimum Gasteiger partial charge on any atom is -0.481 e. The number of aliphatic hydroxyl groups is 1. The van der Waals surface area contributed by atoms with Gasteiger partial charge in [0.1, 0.15) is 5.69 Å². The zero-order valence-corrected chi connectivity index (χ0v) is 8.55. The highest BCUT2D eigenvalue weighted by molar-refractivity contribution is 5.37. The zero-order valence-electron chi connectivity index (χ0n) is 8.55. The maximum Gasteiger partial charge on any atom is 0.418 e. The topological polar surface area (TPSA) is 42.4 Å². The van der Waals surface area contributed by atoms with Crippen LogP contribution in [0.25, 0.3) is 0 Å². The van der Waals surface area contributed by atoms with Gasteiger partial charge in [-0.15, -0.1) is 0 Å². The Labute approximate surface area is 92.8 Å². The smallest absolute Gasteiger partial charge is 0.418 e. The number of hydrogen-bond donors (Lipinski definition) is 1. The summed E-state index contributed by atoms with van der Waals surface area (Å²) in [5, 5.41) is 8.78. The van der Waals surface area contributed by atoms with Crippen LogP contribution in [0.15, 0.2) is 6.07 Å². The summed E-state index contributed by atoms with van der Waals surface area (Å²) in [6, 6.07) is 0.773. The van der Waals surface area contributed by atoms with Gasteiger partial charge in [0.05, 0.1) is 19.3 Å². The molecule has 1 aromatic heterocycles. The van der Waals surface area contributed by atoms with E-state index < -0.39 is 41.9 Å². The molecule has 1 rings (SSSR count). The number of ether oxygens (including phenoxy) is 1. The number of nitrogens with zero attached hydrogens (tertiary/aromatic N) is 1. The van der Waals surface area contributed by atoms with Crippen LogP contribution < -0.4 is 4.74 Å². The molecule has 0 aliphatic heterocycles. The maximum atomic E-state index is 12.6. The van der Waals surface area contributed by atoms with E-state index in [0.717, 1.165) is 13.2 Å². The van der Waals surface area contributed by atoms with E-state index in [1.54, 1.807) is 0 Å². The second kappa shape index (κ2) is 4.82. The Morgan fingerprint density at radius 3 is 2.35 bits per heavy atom. The fourth-order valence-electron chi connectivity index (χ4n) is 1.31. The van der Waals surface area contributed by atoms with E-state index in [1.165, 1.54) is 0 Å². The van der Waals surface area contributed by atoms with Crippen LogP contribution in [0.1, 0.15) is 23.2 Å². The standard InChI is InChI=1S/C9H8F5NO2/c1-17-5-2-4(3-16)6(9(12,13)14)7(15-5)8(10)11/h2,8,16H,3H2,1H3. The lowest BCUT2D eigenvalue weighted by atomic mass is 10.1. The average molecular weight is 257 g/mol. The van der Waals surface area contributed by atoms with Gasteiger partial charge in [0.2, 0.25) is 5.88 Å². The van der Waals surface area contributed by atoms with Gasteiger partial charge in [0, 0.05) is 6.07 Å². The predicted octanol–water partition coefficient (Wildman–Crippen LogP) is 2.54. The molecule has 8 heteroatoms. The van der Waals surface area contributed by atoms with E-state index in [2.05, 4.69) is 9.72 Å². The predicted molar refractivity (Wildman–Crippen MR) is 46.7 cm³/mol. The number of rotatable bonds is 3. The molecule has 0 spiro atoms. The first kappa shape index (κ1) is 13.6. The van der Waals surface area contributed by atoms with E-state index in [1.807, 2.05) is 0 Å². The van der Waals surface area contributed by atoms with E-state index in [9.17, 15) is 22.0 Å². The SMILES string of the molecule is COc1cc(CO)c(C(F)(F)F)c(C(F)F)n1. The molecule has 0 radical (unpaired) electrons. The molecule has 0 aromatic carbocycles. The molecule has 1 heterocycles. The van der Waals surface area contributed by atoms with Gasteiger partial charge in [-0.1, -0.05) is 0 Å². The molecule has 0 saturated carbocycles. The van der Waals surface area contributed by atoms with Gasteiger partial charge in [-0.3, -0.25) is 0 Å². The van der Waals surface area contributed by atoms with Crippen molar-refractivity contribution in [3.63, 3.8) is 0 Å². The van der Waals surface area contributed by atoms with E-state index in [4.69, 9.17) is 5.11 Å². The van der Waals surface area contributed by atoms with Crippen molar-refractivity contribution in [2.75, 3.05) is 7.11 Å². The average Bonchev–Trinajstić information content (AvgIpc) is 2.25. The molecule has 0 atom stereocenters. The molecule has 1 aromatic rings. The normalized spacial score (nSPS) is 12.0. The third-order valence-corrected chi connectivity index (χ3v) is 1.98. The molecule has 0 aliphatic carbocycles. The van der Waals surface area contributed by atoms with Gasteiger partial charge in [-0.2, -0.15) is 13.2 Å². The number of alkyl halides is 5. The van der Waals surface area contributed by atoms with Gasteiger partial charge < -0.3 is 9.84 Å². The number of methoxy groups -OCH3 is 1. The summed E-state index contributed by atoms with van der Waals surface area (Å²) in [6.07, 6.45) is -8.42. The van der Waals surface area contributed by atoms with Gasteiger partial charge in [0.25, 0.3) is 6.43 Å². The van der Waals surface area contributed by atoms with Crippen LogP contribution in [0.2, 0.25) is 0 Å². The van der Waals surface area contributed by atoms with Crippen LogP contribution >= 0.6 is 0 Å². The highest BCUT2D eigenvalue weighted by Gasteiger charge is 2.39. The highest BCUT2D eigenvalue weighted by atomic mass is 19.4. The van der Waals surface area contributed by atoms with Crippen molar-refractivity contribution in [1.29, 1.82) is 0 Å². The largest absolute Gasteiger partial charge is 0.481 e. The monoisotopic (exact) mass is 257 g/mol. The molecule has 1 N–H and O–H groups in total. The highest BCUT2D eigenvalue weighted by Crippen LogP contribution is 2.39. The molecule has 0 bridgehead atoms. The van der Waals surface area contributed by atoms with Crippen LogP contribution in [0.5, 0.6) is 5.88 Å². The number of aliphatic hydroxyl groups excluding tert-OH is 1. The van der Waals surface area contributed by atoms with E-state index in [0.29, 0.717) is 0 Å². The minimum absolute atomic E-state index is 0.405. The summed E-state index contributed by atoms with van der Waals surface area (Å²) in [6.45, 7) is -1.03. The molecular formula is C9H8F5NO2. The summed E-state index contributed by atoms with van der Waals surface area (Å²) < 4.78 is 67.2. The first-order chi connectivity index (χ1) is 7.81. The first-order valence-corrected chi connectivity index (χ1v) is 4.35. The Hall–Kier alpha value is -1.44. The first-order valence-electron chi connectivity index (χ1n) is 4.35. The summed E-state index contributed by atoms with van der Waals surface area (Å²) in [5.74, 6) is -0.405. The second-order valence-electron chi connectivity index (χ2n) is 3.04. The lowest BCUT2D eigenvalue weighted by Crippen LogP contribution is -2.15. The van der Waals surface area contributed by atoms with Crippen molar-refractivity contribution < 1.29 is 31.8 Å². The Morgan fingerprint density at radius 1 is 1.41 bits per heavy atom. The Bertz CT molecular complexity index is 405. The second-order valence-corrected chi connectivity index (χ2v) is 3.04. The fraction of sp³-hybridized carbons (Fsp3) is 0.444. The van der Waals surface area contributed by atoms with Crippen molar-refractivity contribution in [3.8, 4) is 5.88 Å². The molecule has 0 saturated heterocycles. The molecule has 17 heavy (non-hydrogen) atoms. The molecule has 0 fully saturated rings. The maximum absolute atomic E-state index is 12.6. The quantitative estimate of drug-likeness (QED) is 0.846. The zero-order chi connectivity index (χ0) is 13.2. The van der Waals surface area contributed by atoms with Crippen LogP contribution in [0.4, 0.5) is 22.0 Å². The Balaban J connectivity index is 3.53. The van der Waals surface area contributed by atoms with Crippen LogP contribution in [0, 0.1) is 0 Å². The van der Waals surface area contributed by atoms with Crippen molar-refractivity contribution in [2.24, 2.45) is 0 Å². The molecule has 3 nitrogen and oxygen atoms in total. The van der Waals surface area contributed by atoms with Crippen LogP contribution in [-0.2, 0) is 12.8 Å². The van der Waals surface area contributed by atoms with Gasteiger partial charge >= 0.3 is 6.18 Å². The number of aromatic nitrogens is 1. The fourth-order valence-corrected chi connectivity index (χ4v) is 1.31. The summed E-state index contributed by atoms with van der Waals surface area (Å²) >= 11 is 0. The minimum atomic E-state index is -5.01. The summed E-state index contributed by atoms with van der Waals surface area (Å²) in [7, 11) is 1.08. The van der Waals surface area contributed by atoms with Crippen LogP contribution in [0.3, 0.4) is 0 Å².